The maximum atomic E-state index is 12.2. The molecule has 12 heteroatoms. The van der Waals surface area contributed by atoms with Crippen LogP contribution in [0.25, 0.3) is 0 Å². The number of hydrogen-bond acceptors (Lipinski definition) is 7. The van der Waals surface area contributed by atoms with E-state index in [4.69, 9.17) is 16.3 Å². The third-order valence-corrected chi connectivity index (χ3v) is 4.30. The number of nitrogens with zero attached hydrogens (tertiary/aromatic N) is 3. The Morgan fingerprint density at radius 2 is 1.87 bits per heavy atom. The minimum atomic E-state index is -0.917. The van der Waals surface area contributed by atoms with Crippen molar-refractivity contribution in [3.05, 3.63) is 79.9 Å². The number of amides is 3. The molecule has 0 saturated heterocycles. The molecule has 10 nitrogen and oxygen atoms in total. The summed E-state index contributed by atoms with van der Waals surface area (Å²) in [6.07, 6.45) is 0. The normalized spacial score (nSPS) is 10.2. The number of carbonyl (C=O) groups is 2. The molecule has 0 unspecified atom stereocenters. The molecule has 0 aliphatic rings. The molecule has 2 N–H and O–H groups in total. The van der Waals surface area contributed by atoms with Crippen molar-refractivity contribution in [1.29, 1.82) is 0 Å². The second-order valence-electron chi connectivity index (χ2n) is 5.62. The Kier molecular flexibility index (Phi) is 6.54. The molecule has 2 aromatic carbocycles. The fourth-order valence-corrected chi connectivity index (χ4v) is 2.72. The molecule has 0 atom stereocenters. The number of aromatic nitrogens is 2. The largest absolute Gasteiger partial charge is 0.436 e. The van der Waals surface area contributed by atoms with E-state index in [-0.39, 0.29) is 27.9 Å². The van der Waals surface area contributed by atoms with Crippen molar-refractivity contribution in [2.75, 3.05) is 5.32 Å². The van der Waals surface area contributed by atoms with E-state index in [0.717, 1.165) is 0 Å². The lowest BCUT2D eigenvalue weighted by Crippen LogP contribution is -2.34. The van der Waals surface area contributed by atoms with Crippen LogP contribution in [-0.4, -0.2) is 27.1 Å². The number of halogens is 2. The molecule has 3 amide bonds. The van der Waals surface area contributed by atoms with Gasteiger partial charge < -0.3 is 10.1 Å². The Labute approximate surface area is 182 Å². The molecular weight excluding hydrogens is 482 g/mol. The third kappa shape index (κ3) is 5.27. The minimum absolute atomic E-state index is 0.169. The number of hydrogen-bond donors (Lipinski definition) is 2. The van der Waals surface area contributed by atoms with Crippen LogP contribution in [0.3, 0.4) is 0 Å². The number of nitro groups is 1. The summed E-state index contributed by atoms with van der Waals surface area (Å²) in [6, 6.07) is 12.0. The zero-order valence-electron chi connectivity index (χ0n) is 14.8. The highest BCUT2D eigenvalue weighted by atomic mass is 79.9. The lowest BCUT2D eigenvalue weighted by molar-refractivity contribution is -0.385. The molecule has 0 radical (unpaired) electrons. The van der Waals surface area contributed by atoms with Gasteiger partial charge in [0, 0.05) is 17.8 Å². The van der Waals surface area contributed by atoms with Gasteiger partial charge in [0.1, 0.15) is 15.9 Å². The fraction of sp³-hybridized carbons (Fsp3) is 0. The van der Waals surface area contributed by atoms with Gasteiger partial charge in [0.15, 0.2) is 0 Å². The van der Waals surface area contributed by atoms with Crippen LogP contribution >= 0.6 is 27.5 Å². The molecular formula is C18H11BrClN5O5. The number of carbonyl (C=O) groups excluding carboxylic acids is 2. The van der Waals surface area contributed by atoms with Gasteiger partial charge in [-0.05, 0) is 46.3 Å². The van der Waals surface area contributed by atoms with Crippen LogP contribution in [0.15, 0.2) is 59.2 Å². The highest BCUT2D eigenvalue weighted by Crippen LogP contribution is 2.31. The number of imide groups is 1. The number of anilines is 1. The summed E-state index contributed by atoms with van der Waals surface area (Å²) >= 11 is 9.32. The predicted octanol–water partition coefficient (Wildman–Crippen LogP) is 4.55. The van der Waals surface area contributed by atoms with Gasteiger partial charge in [-0.15, -0.1) is 10.2 Å². The van der Waals surface area contributed by atoms with Gasteiger partial charge in [0.05, 0.1) is 9.95 Å². The Morgan fingerprint density at radius 1 is 1.10 bits per heavy atom. The van der Waals surface area contributed by atoms with Crippen LogP contribution in [0, 0.1) is 10.1 Å². The van der Waals surface area contributed by atoms with Crippen LogP contribution in [0.5, 0.6) is 11.6 Å². The lowest BCUT2D eigenvalue weighted by Gasteiger charge is -2.10. The predicted molar refractivity (Wildman–Crippen MR) is 111 cm³/mol. The van der Waals surface area contributed by atoms with E-state index >= 15 is 0 Å². The zero-order chi connectivity index (χ0) is 21.7. The monoisotopic (exact) mass is 491 g/mol. The Hall–Kier alpha value is -3.57. The summed E-state index contributed by atoms with van der Waals surface area (Å²) in [5.74, 6) is -0.427. The van der Waals surface area contributed by atoms with E-state index in [1.807, 2.05) is 5.32 Å². The number of nitro benzene ring substituents is 1. The summed E-state index contributed by atoms with van der Waals surface area (Å²) in [4.78, 5) is 34.6. The standard InChI is InChI=1S/C18H11BrClN5O5/c19-15-7-8-16(24-23-15)30-14-6-5-10(9-12(14)20)21-18(27)22-17(26)11-3-1-2-4-13(11)25(28)29/h1-9H,(H2,21,22,26,27). The SMILES string of the molecule is O=C(NC(=O)c1ccccc1[N+](=O)[O-])Nc1ccc(Oc2ccc(Br)nn2)c(Cl)c1. The Balaban J connectivity index is 1.65. The van der Waals surface area contributed by atoms with E-state index in [2.05, 4.69) is 31.4 Å². The van der Waals surface area contributed by atoms with Crippen molar-refractivity contribution in [3.8, 4) is 11.6 Å². The summed E-state index contributed by atoms with van der Waals surface area (Å²) in [5, 5.41) is 23.2. The van der Waals surface area contributed by atoms with E-state index < -0.39 is 22.5 Å². The van der Waals surface area contributed by atoms with E-state index in [0.29, 0.717) is 4.60 Å². The van der Waals surface area contributed by atoms with Gasteiger partial charge in [-0.25, -0.2) is 4.79 Å². The van der Waals surface area contributed by atoms with Crippen molar-refractivity contribution >= 4 is 50.8 Å². The summed E-state index contributed by atoms with van der Waals surface area (Å²) in [7, 11) is 0. The van der Waals surface area contributed by atoms with E-state index in [1.165, 1.54) is 42.5 Å². The number of nitrogens with one attached hydrogen (secondary N) is 2. The van der Waals surface area contributed by atoms with Crippen LogP contribution in [0.1, 0.15) is 10.4 Å². The van der Waals surface area contributed by atoms with Gasteiger partial charge in [0.2, 0.25) is 5.88 Å². The molecule has 0 aliphatic heterocycles. The van der Waals surface area contributed by atoms with Crippen molar-refractivity contribution in [1.82, 2.24) is 15.5 Å². The van der Waals surface area contributed by atoms with Gasteiger partial charge in [0.25, 0.3) is 11.6 Å². The second-order valence-corrected chi connectivity index (χ2v) is 6.84. The highest BCUT2D eigenvalue weighted by molar-refractivity contribution is 9.10. The summed E-state index contributed by atoms with van der Waals surface area (Å²) in [6.45, 7) is 0. The fourth-order valence-electron chi connectivity index (χ4n) is 2.29. The number of para-hydroxylation sites is 1. The molecule has 3 rings (SSSR count). The zero-order valence-corrected chi connectivity index (χ0v) is 17.2. The molecule has 1 aromatic heterocycles. The second kappa shape index (κ2) is 9.29. The minimum Gasteiger partial charge on any atom is -0.436 e. The molecule has 152 valence electrons. The average molecular weight is 493 g/mol. The van der Waals surface area contributed by atoms with Gasteiger partial charge in [-0.2, -0.15) is 0 Å². The first kappa shape index (κ1) is 21.1. The highest BCUT2D eigenvalue weighted by Gasteiger charge is 2.21. The molecule has 3 aromatic rings. The first-order chi connectivity index (χ1) is 14.3. The van der Waals surface area contributed by atoms with Crippen LogP contribution in [-0.2, 0) is 0 Å². The summed E-state index contributed by atoms with van der Waals surface area (Å²) < 4.78 is 6.05. The molecule has 0 aliphatic carbocycles. The Bertz CT molecular complexity index is 1130. The van der Waals surface area contributed by atoms with Crippen LogP contribution in [0.4, 0.5) is 16.2 Å². The van der Waals surface area contributed by atoms with Crippen molar-refractivity contribution < 1.29 is 19.2 Å². The first-order valence-corrected chi connectivity index (χ1v) is 9.33. The quantitative estimate of drug-likeness (QED) is 0.393. The van der Waals surface area contributed by atoms with E-state index in [1.54, 1.807) is 12.1 Å². The van der Waals surface area contributed by atoms with Gasteiger partial charge in [-0.3, -0.25) is 20.2 Å². The Morgan fingerprint density at radius 3 is 2.53 bits per heavy atom. The number of urea groups is 1. The summed E-state index contributed by atoms with van der Waals surface area (Å²) in [5.41, 5.74) is -0.388. The molecule has 1 heterocycles. The van der Waals surface area contributed by atoms with Crippen molar-refractivity contribution in [3.63, 3.8) is 0 Å². The number of ether oxygens (including phenoxy) is 1. The number of benzene rings is 2. The maximum absolute atomic E-state index is 12.2. The van der Waals surface area contributed by atoms with Crippen molar-refractivity contribution in [2.45, 2.75) is 0 Å². The van der Waals surface area contributed by atoms with E-state index in [9.17, 15) is 19.7 Å². The van der Waals surface area contributed by atoms with Crippen molar-refractivity contribution in [2.24, 2.45) is 0 Å². The molecule has 30 heavy (non-hydrogen) atoms. The van der Waals surface area contributed by atoms with Crippen LogP contribution < -0.4 is 15.4 Å². The van der Waals surface area contributed by atoms with Gasteiger partial charge >= 0.3 is 6.03 Å². The number of rotatable bonds is 5. The lowest BCUT2D eigenvalue weighted by atomic mass is 10.1. The third-order valence-electron chi connectivity index (χ3n) is 3.58. The smallest absolute Gasteiger partial charge is 0.326 e. The first-order valence-electron chi connectivity index (χ1n) is 8.16. The average Bonchev–Trinajstić information content (AvgIpc) is 2.71. The molecule has 0 spiro atoms. The van der Waals surface area contributed by atoms with Crippen LogP contribution in [0.2, 0.25) is 5.02 Å². The maximum Gasteiger partial charge on any atom is 0.326 e. The van der Waals surface area contributed by atoms with Gasteiger partial charge in [-0.1, -0.05) is 23.7 Å². The molecule has 0 fully saturated rings. The molecule has 0 bridgehead atoms. The topological polar surface area (TPSA) is 136 Å². The molecule has 0 saturated carbocycles.